The predicted molar refractivity (Wildman–Crippen MR) is 47.6 cm³/mol. The molecule has 1 rings (SSSR count). The molecule has 5 N–H and O–H groups in total. The van der Waals surface area contributed by atoms with E-state index in [-0.39, 0.29) is 0 Å². The molecule has 1 aliphatic heterocycles. The topological polar surface area (TPSA) is 119 Å². The first-order valence-electron chi connectivity index (χ1n) is 4.55. The van der Waals surface area contributed by atoms with Crippen LogP contribution in [0.15, 0.2) is 0 Å². The number of aliphatic hydroxyl groups is 4. The van der Waals surface area contributed by atoms with E-state index in [4.69, 9.17) is 9.84 Å². The van der Waals surface area contributed by atoms with Gasteiger partial charge in [0.1, 0.15) is 18.3 Å². The molecule has 15 heavy (non-hydrogen) atoms. The fraction of sp³-hybridized carbons (Fsp3) is 0.875. The molecule has 0 radical (unpaired) electrons. The summed E-state index contributed by atoms with van der Waals surface area (Å²) < 4.78 is 4.73. The van der Waals surface area contributed by atoms with Crippen molar-refractivity contribution in [3.63, 3.8) is 0 Å². The Morgan fingerprint density at radius 1 is 1.33 bits per heavy atom. The molecule has 7 heteroatoms. The van der Waals surface area contributed by atoms with Gasteiger partial charge < -0.3 is 30.5 Å². The maximum Gasteiger partial charge on any atom is 0.217 e. The highest BCUT2D eigenvalue weighted by atomic mass is 16.6. The molecule has 1 saturated heterocycles. The van der Waals surface area contributed by atoms with Crippen LogP contribution in [0.1, 0.15) is 6.92 Å². The van der Waals surface area contributed by atoms with Crippen LogP contribution in [0.2, 0.25) is 0 Å². The van der Waals surface area contributed by atoms with E-state index in [0.29, 0.717) is 0 Å². The average Bonchev–Trinajstić information content (AvgIpc) is 2.18. The number of carbonyl (C=O) groups excluding carboxylic acids is 1. The van der Waals surface area contributed by atoms with Crippen LogP contribution in [0.3, 0.4) is 0 Å². The van der Waals surface area contributed by atoms with Crippen molar-refractivity contribution in [3.8, 4) is 0 Å². The fourth-order valence-electron chi connectivity index (χ4n) is 1.51. The molecule has 1 heterocycles. The highest BCUT2D eigenvalue weighted by Crippen LogP contribution is 2.19. The van der Waals surface area contributed by atoms with Gasteiger partial charge in [0.25, 0.3) is 0 Å². The molecule has 0 aromatic rings. The molecule has 88 valence electrons. The smallest absolute Gasteiger partial charge is 0.217 e. The number of rotatable bonds is 2. The first-order valence-corrected chi connectivity index (χ1v) is 4.55. The second-order valence-electron chi connectivity index (χ2n) is 3.46. The first kappa shape index (κ1) is 12.3. The zero-order valence-corrected chi connectivity index (χ0v) is 8.20. The molecule has 1 amide bonds. The minimum absolute atomic E-state index is 0.455. The molecule has 1 aliphatic rings. The molecule has 0 aromatic heterocycles. The zero-order chi connectivity index (χ0) is 11.6. The first-order chi connectivity index (χ1) is 6.97. The molecule has 0 aromatic carbocycles. The number of carbonyl (C=O) groups is 1. The van der Waals surface area contributed by atoms with E-state index in [0.717, 1.165) is 0 Å². The second kappa shape index (κ2) is 4.86. The van der Waals surface area contributed by atoms with Gasteiger partial charge >= 0.3 is 0 Å². The molecule has 7 nitrogen and oxygen atoms in total. The maximum atomic E-state index is 10.8. The Bertz CT molecular complexity index is 235. The molecule has 5 atom stereocenters. The number of aliphatic hydroxyl groups excluding tert-OH is 4. The van der Waals surface area contributed by atoms with Crippen LogP contribution >= 0.6 is 0 Å². The Labute approximate surface area is 86.3 Å². The quantitative estimate of drug-likeness (QED) is 0.337. The monoisotopic (exact) mass is 221 g/mol. The van der Waals surface area contributed by atoms with Gasteiger partial charge in [0.15, 0.2) is 6.29 Å². The normalized spacial score (nSPS) is 41.3. The van der Waals surface area contributed by atoms with Crippen LogP contribution in [-0.4, -0.2) is 63.6 Å². The van der Waals surface area contributed by atoms with Crippen molar-refractivity contribution >= 4 is 5.91 Å². The Kier molecular flexibility index (Phi) is 4.00. The molecule has 0 aliphatic carbocycles. The lowest BCUT2D eigenvalue weighted by molar-refractivity contribution is -0.261. The third-order valence-corrected chi connectivity index (χ3v) is 2.27. The van der Waals surface area contributed by atoms with Crippen molar-refractivity contribution in [1.29, 1.82) is 0 Å². The van der Waals surface area contributed by atoms with Gasteiger partial charge in [-0.15, -0.1) is 0 Å². The van der Waals surface area contributed by atoms with Gasteiger partial charge in [-0.05, 0) is 0 Å². The van der Waals surface area contributed by atoms with E-state index in [1.807, 2.05) is 0 Å². The lowest BCUT2D eigenvalue weighted by atomic mass is 9.96. The minimum atomic E-state index is -1.54. The summed E-state index contributed by atoms with van der Waals surface area (Å²) >= 11 is 0. The lowest BCUT2D eigenvalue weighted by Crippen LogP contribution is -2.64. The highest BCUT2D eigenvalue weighted by molar-refractivity contribution is 5.73. The van der Waals surface area contributed by atoms with E-state index in [9.17, 15) is 20.1 Å². The highest BCUT2D eigenvalue weighted by Gasteiger charge is 2.43. The Balaban J connectivity index is 2.74. The number of hydrogen-bond acceptors (Lipinski definition) is 6. The van der Waals surface area contributed by atoms with E-state index < -0.39 is 43.2 Å². The fourth-order valence-corrected chi connectivity index (χ4v) is 1.51. The van der Waals surface area contributed by atoms with Crippen molar-refractivity contribution in [3.05, 3.63) is 0 Å². The predicted octanol–water partition coefficient (Wildman–Crippen LogP) is -3.08. The molecular formula is C8H15NO6. The van der Waals surface area contributed by atoms with Crippen LogP contribution in [-0.2, 0) is 9.53 Å². The lowest BCUT2D eigenvalue weighted by Gasteiger charge is -2.40. The third-order valence-electron chi connectivity index (χ3n) is 2.27. The van der Waals surface area contributed by atoms with E-state index in [2.05, 4.69) is 5.32 Å². The van der Waals surface area contributed by atoms with Crippen molar-refractivity contribution in [2.24, 2.45) is 0 Å². The molecule has 0 unspecified atom stereocenters. The number of nitrogens with one attached hydrogen (secondary N) is 1. The Morgan fingerprint density at radius 2 is 1.93 bits per heavy atom. The summed E-state index contributed by atoms with van der Waals surface area (Å²) in [6.07, 6.45) is -5.26. The van der Waals surface area contributed by atoms with E-state index in [1.165, 1.54) is 6.92 Å². The maximum absolute atomic E-state index is 10.8. The van der Waals surface area contributed by atoms with Gasteiger partial charge in [0.05, 0.1) is 12.6 Å². The van der Waals surface area contributed by atoms with Gasteiger partial charge in [-0.1, -0.05) is 0 Å². The largest absolute Gasteiger partial charge is 0.394 e. The van der Waals surface area contributed by atoms with Crippen LogP contribution in [0.5, 0.6) is 0 Å². The average molecular weight is 221 g/mol. The number of hydrogen-bond donors (Lipinski definition) is 5. The molecular weight excluding hydrogens is 206 g/mol. The van der Waals surface area contributed by atoms with Crippen molar-refractivity contribution < 1.29 is 30.0 Å². The minimum Gasteiger partial charge on any atom is -0.394 e. The van der Waals surface area contributed by atoms with Crippen LogP contribution in [0.25, 0.3) is 0 Å². The van der Waals surface area contributed by atoms with Crippen molar-refractivity contribution in [2.75, 3.05) is 6.61 Å². The summed E-state index contributed by atoms with van der Waals surface area (Å²) in [5.41, 5.74) is 0. The van der Waals surface area contributed by atoms with E-state index in [1.54, 1.807) is 0 Å². The van der Waals surface area contributed by atoms with Gasteiger partial charge in [-0.3, -0.25) is 4.79 Å². The number of amides is 1. The summed E-state index contributed by atoms with van der Waals surface area (Å²) in [5, 5.41) is 39.4. The SMILES string of the molecule is CC(=O)N[C@H]1[C@H](O)[C@H](O)O[C@H](CO)[C@H]1O. The standard InChI is InChI=1S/C8H15NO6/c1-3(11)9-5-6(12)4(2-10)15-8(14)7(5)13/h4-8,10,12-14H,2H2,1H3,(H,9,11)/t4-,5-,6-,7+,8-/m1/s1. The molecule has 0 bridgehead atoms. The Hall–Kier alpha value is -0.730. The summed E-state index contributed by atoms with van der Waals surface area (Å²) in [4.78, 5) is 10.8. The summed E-state index contributed by atoms with van der Waals surface area (Å²) in [7, 11) is 0. The molecule has 0 saturated carbocycles. The van der Waals surface area contributed by atoms with Gasteiger partial charge in [-0.25, -0.2) is 0 Å². The summed E-state index contributed by atoms with van der Waals surface area (Å²) in [5.74, 6) is -0.455. The molecule has 1 fully saturated rings. The van der Waals surface area contributed by atoms with Crippen LogP contribution in [0.4, 0.5) is 0 Å². The van der Waals surface area contributed by atoms with Crippen molar-refractivity contribution in [1.82, 2.24) is 5.32 Å². The van der Waals surface area contributed by atoms with Gasteiger partial charge in [0.2, 0.25) is 5.91 Å². The zero-order valence-electron chi connectivity index (χ0n) is 8.20. The van der Waals surface area contributed by atoms with E-state index >= 15 is 0 Å². The van der Waals surface area contributed by atoms with Crippen molar-refractivity contribution in [2.45, 2.75) is 37.6 Å². The summed E-state index contributed by atoms with van der Waals surface area (Å²) in [6.45, 7) is 0.705. The number of ether oxygens (including phenoxy) is 1. The van der Waals surface area contributed by atoms with Crippen LogP contribution in [0, 0.1) is 0 Å². The van der Waals surface area contributed by atoms with Gasteiger partial charge in [-0.2, -0.15) is 0 Å². The Morgan fingerprint density at radius 3 is 2.40 bits per heavy atom. The second-order valence-corrected chi connectivity index (χ2v) is 3.46. The summed E-state index contributed by atoms with van der Waals surface area (Å²) in [6, 6.07) is -1.05. The molecule has 0 spiro atoms. The third kappa shape index (κ3) is 2.64. The van der Waals surface area contributed by atoms with Crippen LogP contribution < -0.4 is 5.32 Å². The van der Waals surface area contributed by atoms with Gasteiger partial charge in [0, 0.05) is 6.92 Å².